The highest BCUT2D eigenvalue weighted by atomic mass is 28.4. The van der Waals surface area contributed by atoms with Crippen molar-refractivity contribution >= 4 is 22.7 Å². The molecule has 0 bridgehead atoms. The normalized spacial score (nSPS) is 21.6. The maximum Gasteiger partial charge on any atom is 0.250 e. The molecule has 0 aromatic rings. The minimum absolute atomic E-state index is 0.111. The van der Waals surface area contributed by atoms with Crippen LogP contribution in [0.5, 0.6) is 0 Å². The van der Waals surface area contributed by atoms with E-state index in [-0.39, 0.29) is 11.0 Å². The molecule has 6 heteroatoms. The first-order chi connectivity index (χ1) is 15.7. The molecule has 0 saturated carbocycles. The fourth-order valence-corrected chi connectivity index (χ4v) is 5.44. The average Bonchev–Trinajstić information content (AvgIpc) is 2.72. The second kappa shape index (κ2) is 13.4. The van der Waals surface area contributed by atoms with Crippen LogP contribution in [0, 0.1) is 22.8 Å². The Morgan fingerprint density at radius 1 is 1.09 bits per heavy atom. The number of carbonyl (C=O) groups excluding carboxylic acids is 1. The molecular formula is C28H52O4Si2. The topological polar surface area (TPSA) is 44.8 Å². The van der Waals surface area contributed by atoms with E-state index in [1.165, 1.54) is 0 Å². The highest BCUT2D eigenvalue weighted by Crippen LogP contribution is 2.46. The number of ether oxygens (including phenoxy) is 2. The molecule has 0 aliphatic heterocycles. The molecule has 0 unspecified atom stereocenters. The summed E-state index contributed by atoms with van der Waals surface area (Å²) in [5, 5.41) is 0.111. The van der Waals surface area contributed by atoms with E-state index in [9.17, 15) is 4.79 Å². The molecule has 0 spiro atoms. The van der Waals surface area contributed by atoms with Crippen molar-refractivity contribution in [3.05, 3.63) is 11.8 Å². The van der Waals surface area contributed by atoms with Crippen LogP contribution in [0.4, 0.5) is 0 Å². The van der Waals surface area contributed by atoms with E-state index in [1.807, 2.05) is 0 Å². The van der Waals surface area contributed by atoms with Crippen LogP contribution >= 0.6 is 0 Å². The number of hydrogen-bond acceptors (Lipinski definition) is 4. The SMILES string of the molecule is CCCCOC(OCCCC)[C@@H]1C=C(O[Si](C)(C)C(C)(C)C)CC[C@@]1(C=O)CC#C[Si](C)(C)C. The molecule has 1 aliphatic rings. The zero-order chi connectivity index (χ0) is 26.0. The van der Waals surface area contributed by atoms with Gasteiger partial charge in [0.15, 0.2) is 6.29 Å². The van der Waals surface area contributed by atoms with Gasteiger partial charge in [0.2, 0.25) is 8.32 Å². The van der Waals surface area contributed by atoms with E-state index in [0.717, 1.165) is 44.1 Å². The summed E-state index contributed by atoms with van der Waals surface area (Å²) in [4.78, 5) is 12.7. The molecule has 0 aromatic heterocycles. The quantitative estimate of drug-likeness (QED) is 0.0840. The van der Waals surface area contributed by atoms with Crippen molar-refractivity contribution in [3.8, 4) is 11.5 Å². The largest absolute Gasteiger partial charge is 0.547 e. The lowest BCUT2D eigenvalue weighted by atomic mass is 9.67. The number of carbonyl (C=O) groups is 1. The predicted molar refractivity (Wildman–Crippen MR) is 149 cm³/mol. The maximum absolute atomic E-state index is 12.7. The monoisotopic (exact) mass is 508 g/mol. The summed E-state index contributed by atoms with van der Waals surface area (Å²) < 4.78 is 19.3. The molecule has 0 amide bonds. The first-order valence-corrected chi connectivity index (χ1v) is 19.7. The fourth-order valence-electron chi connectivity index (χ4n) is 3.69. The van der Waals surface area contributed by atoms with Crippen molar-refractivity contribution < 1.29 is 18.7 Å². The summed E-state index contributed by atoms with van der Waals surface area (Å²) in [5.41, 5.74) is 2.85. The summed E-state index contributed by atoms with van der Waals surface area (Å²) in [6.07, 6.45) is 8.91. The van der Waals surface area contributed by atoms with Gasteiger partial charge in [-0.1, -0.05) is 67.1 Å². The van der Waals surface area contributed by atoms with E-state index in [0.29, 0.717) is 26.1 Å². The van der Waals surface area contributed by atoms with Crippen molar-refractivity contribution in [1.82, 2.24) is 0 Å². The Balaban J connectivity index is 3.40. The molecule has 0 saturated heterocycles. The van der Waals surface area contributed by atoms with Gasteiger partial charge in [-0.25, -0.2) is 0 Å². The molecule has 4 nitrogen and oxygen atoms in total. The third-order valence-electron chi connectivity index (χ3n) is 7.03. The molecule has 1 aliphatic carbocycles. The fraction of sp³-hybridized carbons (Fsp3) is 0.821. The molecule has 0 radical (unpaired) electrons. The second-order valence-electron chi connectivity index (χ2n) is 12.4. The van der Waals surface area contributed by atoms with Gasteiger partial charge in [0.05, 0.1) is 5.76 Å². The molecule has 196 valence electrons. The summed E-state index contributed by atoms with van der Waals surface area (Å²) in [6.45, 7) is 23.6. The van der Waals surface area contributed by atoms with Crippen LogP contribution in [0.25, 0.3) is 0 Å². The first-order valence-electron chi connectivity index (χ1n) is 13.3. The summed E-state index contributed by atoms with van der Waals surface area (Å²) in [7, 11) is -3.52. The summed E-state index contributed by atoms with van der Waals surface area (Å²) in [6, 6.07) is 0. The third-order valence-corrected chi connectivity index (χ3v) is 12.3. The smallest absolute Gasteiger partial charge is 0.250 e. The zero-order valence-corrected chi connectivity index (χ0v) is 25.8. The minimum atomic E-state index is -1.99. The van der Waals surface area contributed by atoms with Crippen molar-refractivity contribution in [2.45, 2.75) is 124 Å². The van der Waals surface area contributed by atoms with E-state index < -0.39 is 28.1 Å². The van der Waals surface area contributed by atoms with Crippen LogP contribution in [-0.4, -0.2) is 42.2 Å². The van der Waals surface area contributed by atoms with Gasteiger partial charge in [0.25, 0.3) is 0 Å². The Hall–Kier alpha value is -0.876. The number of unbranched alkanes of at least 4 members (excludes halogenated alkanes) is 2. The van der Waals surface area contributed by atoms with E-state index in [2.05, 4.69) is 84.9 Å². The van der Waals surface area contributed by atoms with Crippen molar-refractivity contribution in [1.29, 1.82) is 0 Å². The average molecular weight is 509 g/mol. The van der Waals surface area contributed by atoms with Gasteiger partial charge in [-0.05, 0) is 43.5 Å². The van der Waals surface area contributed by atoms with Crippen LogP contribution in [0.3, 0.4) is 0 Å². The number of rotatable bonds is 13. The molecular weight excluding hydrogens is 456 g/mol. The van der Waals surface area contributed by atoms with E-state index in [4.69, 9.17) is 13.9 Å². The van der Waals surface area contributed by atoms with Crippen LogP contribution in [-0.2, 0) is 18.7 Å². The van der Waals surface area contributed by atoms with Gasteiger partial charge < -0.3 is 18.7 Å². The maximum atomic E-state index is 12.7. The standard InChI is InChI=1S/C28H52O4Si2/c1-11-13-19-30-26(31-20-14-12-2)25-22-24(32-34(9,10)27(3,4)5)16-18-28(25,23-29)17-15-21-33(6,7)8/h22-23,25-26H,11-14,16-20H2,1-10H3/t25-,28+/m0/s1. The molecule has 2 atom stereocenters. The van der Waals surface area contributed by atoms with Gasteiger partial charge in [-0.2, -0.15) is 0 Å². The summed E-state index contributed by atoms with van der Waals surface area (Å²) >= 11 is 0. The Bertz CT molecular complexity index is 711. The highest BCUT2D eigenvalue weighted by Gasteiger charge is 2.47. The highest BCUT2D eigenvalue weighted by molar-refractivity contribution is 6.83. The molecule has 34 heavy (non-hydrogen) atoms. The lowest BCUT2D eigenvalue weighted by molar-refractivity contribution is -0.188. The third kappa shape index (κ3) is 9.64. The number of hydrogen-bond donors (Lipinski definition) is 0. The second-order valence-corrected chi connectivity index (χ2v) is 21.9. The van der Waals surface area contributed by atoms with Crippen molar-refractivity contribution in [2.75, 3.05) is 13.2 Å². The van der Waals surface area contributed by atoms with Gasteiger partial charge in [0.1, 0.15) is 14.4 Å². The van der Waals surface area contributed by atoms with Gasteiger partial charge in [-0.3, -0.25) is 0 Å². The van der Waals surface area contributed by atoms with Crippen LogP contribution in [0.1, 0.15) is 79.6 Å². The Morgan fingerprint density at radius 2 is 1.65 bits per heavy atom. The number of allylic oxidation sites excluding steroid dienone is 1. The number of aldehydes is 1. The van der Waals surface area contributed by atoms with Crippen LogP contribution in [0.15, 0.2) is 11.8 Å². The molecule has 0 heterocycles. The minimum Gasteiger partial charge on any atom is -0.547 e. The lowest BCUT2D eigenvalue weighted by Crippen LogP contribution is -2.45. The van der Waals surface area contributed by atoms with Crippen molar-refractivity contribution in [2.24, 2.45) is 11.3 Å². The van der Waals surface area contributed by atoms with Gasteiger partial charge in [0, 0.05) is 37.4 Å². The van der Waals surface area contributed by atoms with Crippen molar-refractivity contribution in [3.63, 3.8) is 0 Å². The molecule has 0 N–H and O–H groups in total. The molecule has 1 rings (SSSR count). The van der Waals surface area contributed by atoms with Gasteiger partial charge >= 0.3 is 0 Å². The Labute approximate surface area is 212 Å². The Morgan fingerprint density at radius 3 is 2.09 bits per heavy atom. The lowest BCUT2D eigenvalue weighted by Gasteiger charge is -2.44. The molecule has 0 fully saturated rings. The van der Waals surface area contributed by atoms with E-state index >= 15 is 0 Å². The van der Waals surface area contributed by atoms with Gasteiger partial charge in [-0.15, -0.1) is 11.5 Å². The molecule has 0 aromatic carbocycles. The van der Waals surface area contributed by atoms with E-state index in [1.54, 1.807) is 0 Å². The van der Waals surface area contributed by atoms with Crippen LogP contribution < -0.4 is 0 Å². The predicted octanol–water partition coefficient (Wildman–Crippen LogP) is 7.72. The first kappa shape index (κ1) is 31.2. The van der Waals surface area contributed by atoms with Crippen LogP contribution in [0.2, 0.25) is 37.8 Å². The Kier molecular flexibility index (Phi) is 12.3. The zero-order valence-electron chi connectivity index (χ0n) is 23.8. The summed E-state index contributed by atoms with van der Waals surface area (Å²) in [5.74, 6) is 4.19.